The molecule has 4 aromatic rings. The molecular formula is C27H25BrClN3O4. The lowest BCUT2D eigenvalue weighted by Gasteiger charge is -2.18. The summed E-state index contributed by atoms with van der Waals surface area (Å²) < 4.78 is 8.83. The van der Waals surface area contributed by atoms with Crippen LogP contribution in [0, 0.1) is 6.92 Å². The van der Waals surface area contributed by atoms with Gasteiger partial charge >= 0.3 is 5.97 Å². The topological polar surface area (TPSA) is 86.4 Å². The average molecular weight is 571 g/mol. The molecule has 1 N–H and O–H groups in total. The SMILES string of the molecule is COc1ccc(Cn2c(Br)nc(C(Cc3cc(C)c(=O)n(C)c3)c3ccc(Cl)cc3)c2C(=O)O)cc1. The fourth-order valence-electron chi connectivity index (χ4n) is 4.35. The zero-order valence-corrected chi connectivity index (χ0v) is 22.4. The molecule has 0 aliphatic rings. The number of imidazole rings is 1. The molecule has 0 saturated heterocycles. The number of methoxy groups -OCH3 is 1. The van der Waals surface area contributed by atoms with Crippen molar-refractivity contribution in [2.75, 3.05) is 7.11 Å². The molecule has 0 fully saturated rings. The predicted molar refractivity (Wildman–Crippen MR) is 142 cm³/mol. The minimum atomic E-state index is -1.08. The number of aromatic nitrogens is 3. The van der Waals surface area contributed by atoms with Crippen LogP contribution in [-0.2, 0) is 20.0 Å². The maximum atomic E-state index is 12.6. The maximum absolute atomic E-state index is 12.6. The number of aryl methyl sites for hydroxylation is 2. The number of hydrogen-bond donors (Lipinski definition) is 1. The molecule has 9 heteroatoms. The van der Waals surface area contributed by atoms with Crippen LogP contribution >= 0.6 is 27.5 Å². The summed E-state index contributed by atoms with van der Waals surface area (Å²) >= 11 is 9.63. The van der Waals surface area contributed by atoms with Crippen LogP contribution in [0.3, 0.4) is 0 Å². The molecule has 0 aliphatic carbocycles. The van der Waals surface area contributed by atoms with E-state index in [1.165, 1.54) is 0 Å². The third-order valence-corrected chi connectivity index (χ3v) is 6.97. The highest BCUT2D eigenvalue weighted by Gasteiger charge is 2.29. The summed E-state index contributed by atoms with van der Waals surface area (Å²) in [5, 5.41) is 10.9. The second kappa shape index (κ2) is 10.7. The number of nitrogens with zero attached hydrogens (tertiary/aromatic N) is 3. The Morgan fingerprint density at radius 2 is 1.81 bits per heavy atom. The Balaban J connectivity index is 1.83. The average Bonchev–Trinajstić information content (AvgIpc) is 3.17. The molecule has 0 saturated carbocycles. The van der Waals surface area contributed by atoms with Gasteiger partial charge in [0.2, 0.25) is 0 Å². The Labute approximate surface area is 222 Å². The highest BCUT2D eigenvalue weighted by Crippen LogP contribution is 2.33. The number of aromatic carboxylic acids is 1. The quantitative estimate of drug-likeness (QED) is 0.305. The number of hydrogen-bond acceptors (Lipinski definition) is 4. The van der Waals surface area contributed by atoms with Crippen LogP contribution in [0.25, 0.3) is 0 Å². The van der Waals surface area contributed by atoms with Crippen LogP contribution < -0.4 is 10.3 Å². The summed E-state index contributed by atoms with van der Waals surface area (Å²) in [6.45, 7) is 2.08. The fraction of sp³-hybridized carbons (Fsp3) is 0.222. The van der Waals surface area contributed by atoms with Gasteiger partial charge in [0, 0.05) is 29.7 Å². The summed E-state index contributed by atoms with van der Waals surface area (Å²) in [6, 6.07) is 16.6. The number of benzene rings is 2. The molecule has 7 nitrogen and oxygen atoms in total. The van der Waals surface area contributed by atoms with Crippen LogP contribution in [0.15, 0.2) is 70.3 Å². The second-order valence-corrected chi connectivity index (χ2v) is 9.76. The summed E-state index contributed by atoms with van der Waals surface area (Å²) in [4.78, 5) is 29.5. The minimum Gasteiger partial charge on any atom is -0.497 e. The first kappa shape index (κ1) is 25.7. The van der Waals surface area contributed by atoms with E-state index in [1.54, 1.807) is 48.5 Å². The number of rotatable bonds is 8. The molecule has 186 valence electrons. The molecule has 0 bridgehead atoms. The number of carboxylic acid groups (broad SMARTS) is 1. The monoisotopic (exact) mass is 569 g/mol. The van der Waals surface area contributed by atoms with E-state index >= 15 is 0 Å². The molecule has 0 amide bonds. The summed E-state index contributed by atoms with van der Waals surface area (Å²) in [7, 11) is 3.30. The van der Waals surface area contributed by atoms with Gasteiger partial charge in [0.25, 0.3) is 5.56 Å². The molecule has 2 aromatic carbocycles. The van der Waals surface area contributed by atoms with Crippen molar-refractivity contribution in [1.29, 1.82) is 0 Å². The minimum absolute atomic E-state index is 0.0699. The van der Waals surface area contributed by atoms with Crippen molar-refractivity contribution in [2.24, 2.45) is 7.05 Å². The van der Waals surface area contributed by atoms with Crippen molar-refractivity contribution >= 4 is 33.5 Å². The van der Waals surface area contributed by atoms with E-state index in [1.807, 2.05) is 42.5 Å². The predicted octanol–water partition coefficient (Wildman–Crippen LogP) is 5.44. The van der Waals surface area contributed by atoms with E-state index in [-0.39, 0.29) is 11.3 Å². The van der Waals surface area contributed by atoms with Gasteiger partial charge in [-0.25, -0.2) is 9.78 Å². The number of pyridine rings is 1. The number of carboxylic acids is 1. The molecule has 0 aliphatic heterocycles. The molecule has 0 spiro atoms. The van der Waals surface area contributed by atoms with Gasteiger partial charge in [-0.3, -0.25) is 4.79 Å². The van der Waals surface area contributed by atoms with Gasteiger partial charge in [-0.1, -0.05) is 35.9 Å². The summed E-state index contributed by atoms with van der Waals surface area (Å²) in [5.74, 6) is -0.746. The molecule has 36 heavy (non-hydrogen) atoms. The first-order valence-corrected chi connectivity index (χ1v) is 12.4. The smallest absolute Gasteiger partial charge is 0.354 e. The van der Waals surface area contributed by atoms with Crippen molar-refractivity contribution < 1.29 is 14.6 Å². The van der Waals surface area contributed by atoms with Crippen LogP contribution in [-0.4, -0.2) is 32.3 Å². The van der Waals surface area contributed by atoms with Gasteiger partial charge in [-0.05, 0) is 76.3 Å². The van der Waals surface area contributed by atoms with Crippen LogP contribution in [0.1, 0.15) is 44.4 Å². The van der Waals surface area contributed by atoms with E-state index < -0.39 is 11.9 Å². The molecule has 2 aromatic heterocycles. The molecule has 1 unspecified atom stereocenters. The number of carbonyl (C=O) groups is 1. The van der Waals surface area contributed by atoms with Crippen molar-refractivity contribution in [3.8, 4) is 5.75 Å². The van der Waals surface area contributed by atoms with E-state index in [2.05, 4.69) is 15.9 Å². The Morgan fingerprint density at radius 3 is 2.39 bits per heavy atom. The lowest BCUT2D eigenvalue weighted by molar-refractivity contribution is 0.0683. The first-order valence-electron chi connectivity index (χ1n) is 11.2. The van der Waals surface area contributed by atoms with E-state index in [4.69, 9.17) is 21.3 Å². The first-order chi connectivity index (χ1) is 17.2. The molecule has 1 atom stereocenters. The third-order valence-electron chi connectivity index (χ3n) is 6.11. The van der Waals surface area contributed by atoms with Gasteiger partial charge < -0.3 is 19.0 Å². The van der Waals surface area contributed by atoms with Gasteiger partial charge in [0.1, 0.15) is 5.75 Å². The second-order valence-electron chi connectivity index (χ2n) is 8.61. The molecule has 2 heterocycles. The van der Waals surface area contributed by atoms with E-state index in [0.29, 0.717) is 34.0 Å². The highest BCUT2D eigenvalue weighted by atomic mass is 79.9. The molecule has 0 radical (unpaired) electrons. The number of halogens is 2. The largest absolute Gasteiger partial charge is 0.497 e. The van der Waals surface area contributed by atoms with Crippen LogP contribution in [0.2, 0.25) is 5.02 Å². The van der Waals surface area contributed by atoms with Gasteiger partial charge in [0.15, 0.2) is 10.4 Å². The molecule has 4 rings (SSSR count). The Kier molecular flexibility index (Phi) is 7.66. The Bertz CT molecular complexity index is 1430. The van der Waals surface area contributed by atoms with Gasteiger partial charge in [0.05, 0.1) is 19.3 Å². The standard InChI is InChI=1S/C27H25BrClN3O4/c1-16-12-18(14-31(2)25(16)33)13-22(19-6-8-20(29)9-7-19)23-24(26(34)35)32(27(28)30-23)15-17-4-10-21(36-3)11-5-17/h4-12,14,22H,13,15H2,1-3H3,(H,34,35). The van der Waals surface area contributed by atoms with Crippen molar-refractivity contribution in [3.63, 3.8) is 0 Å². The third kappa shape index (κ3) is 5.39. The zero-order valence-electron chi connectivity index (χ0n) is 20.0. The summed E-state index contributed by atoms with van der Waals surface area (Å²) in [5.41, 5.74) is 3.74. The Hall–Kier alpha value is -3.36. The number of ether oxygens (including phenoxy) is 1. The summed E-state index contributed by atoms with van der Waals surface area (Å²) in [6.07, 6.45) is 2.23. The van der Waals surface area contributed by atoms with Crippen LogP contribution in [0.5, 0.6) is 5.75 Å². The normalized spacial score (nSPS) is 11.9. The molecular weight excluding hydrogens is 546 g/mol. The van der Waals surface area contributed by atoms with Gasteiger partial charge in [-0.15, -0.1) is 0 Å². The van der Waals surface area contributed by atoms with Crippen molar-refractivity contribution in [3.05, 3.63) is 115 Å². The lowest BCUT2D eigenvalue weighted by Crippen LogP contribution is -2.20. The maximum Gasteiger partial charge on any atom is 0.354 e. The Morgan fingerprint density at radius 1 is 1.14 bits per heavy atom. The van der Waals surface area contributed by atoms with E-state index in [0.717, 1.165) is 22.4 Å². The van der Waals surface area contributed by atoms with Crippen molar-refractivity contribution in [2.45, 2.75) is 25.8 Å². The van der Waals surface area contributed by atoms with Gasteiger partial charge in [-0.2, -0.15) is 0 Å². The van der Waals surface area contributed by atoms with Crippen LogP contribution in [0.4, 0.5) is 0 Å². The zero-order chi connectivity index (χ0) is 26.0. The highest BCUT2D eigenvalue weighted by molar-refractivity contribution is 9.10. The van der Waals surface area contributed by atoms with Crippen molar-refractivity contribution in [1.82, 2.24) is 14.1 Å². The van der Waals surface area contributed by atoms with E-state index in [9.17, 15) is 14.7 Å². The lowest BCUT2D eigenvalue weighted by atomic mass is 9.88. The fourth-order valence-corrected chi connectivity index (χ4v) is 4.97.